The van der Waals surface area contributed by atoms with Crippen molar-refractivity contribution in [2.45, 2.75) is 29.8 Å². The summed E-state index contributed by atoms with van der Waals surface area (Å²) in [6, 6.07) is -0.490. The lowest BCUT2D eigenvalue weighted by atomic mass is 9.97. The Balaban J connectivity index is 2.15. The van der Waals surface area contributed by atoms with Gasteiger partial charge in [0.25, 0.3) is 5.91 Å². The van der Waals surface area contributed by atoms with Crippen LogP contribution < -0.4 is 5.32 Å². The summed E-state index contributed by atoms with van der Waals surface area (Å²) in [5.74, 6) is -0.546. The molecule has 1 amide bonds. The van der Waals surface area contributed by atoms with Crippen LogP contribution in [0.2, 0.25) is 0 Å². The smallest absolute Gasteiger partial charge is 0.277 e. The summed E-state index contributed by atoms with van der Waals surface area (Å²) in [4.78, 5) is 20.7. The van der Waals surface area contributed by atoms with Gasteiger partial charge in [0.05, 0.1) is 13.2 Å². The van der Waals surface area contributed by atoms with Crippen LogP contribution in [0.15, 0.2) is 4.99 Å². The van der Waals surface area contributed by atoms with Crippen molar-refractivity contribution in [1.29, 1.82) is 0 Å². The number of hydrogen-bond donors (Lipinski definition) is 3. The van der Waals surface area contributed by atoms with E-state index in [1.165, 1.54) is 25.9 Å². The molecule has 2 aliphatic heterocycles. The van der Waals surface area contributed by atoms with Gasteiger partial charge in [-0.25, -0.2) is 5.06 Å². The molecule has 108 valence electrons. The number of hydroxylamine groups is 2. The highest BCUT2D eigenvalue weighted by Gasteiger charge is 2.51. The maximum absolute atomic E-state index is 12.0. The molecule has 2 heterocycles. The molecule has 8 nitrogen and oxygen atoms in total. The number of nitrogens with one attached hydrogen (secondary N) is 1. The number of aliphatic hydroxyl groups is 2. The Labute approximate surface area is 114 Å². The Morgan fingerprint density at radius 2 is 2.21 bits per heavy atom. The molecule has 5 unspecified atom stereocenters. The molecule has 2 rings (SSSR count). The molecule has 2 fully saturated rings. The van der Waals surface area contributed by atoms with Gasteiger partial charge in [0.1, 0.15) is 17.6 Å². The van der Waals surface area contributed by atoms with E-state index in [9.17, 15) is 15.0 Å². The largest absolute Gasteiger partial charge is 0.388 e. The molecule has 5 atom stereocenters. The number of carbonyl (C=O) groups excluding carboxylic acids is 1. The minimum Gasteiger partial charge on any atom is -0.388 e. The normalized spacial score (nSPS) is 39.8. The summed E-state index contributed by atoms with van der Waals surface area (Å²) in [6.07, 6.45) is -3.60. The molecule has 0 aromatic rings. The lowest BCUT2D eigenvalue weighted by molar-refractivity contribution is -0.206. The van der Waals surface area contributed by atoms with Gasteiger partial charge in [0, 0.05) is 14.1 Å². The van der Waals surface area contributed by atoms with Crippen LogP contribution >= 0.6 is 11.8 Å². The summed E-state index contributed by atoms with van der Waals surface area (Å²) in [6.45, 7) is 0. The first-order valence-electron chi connectivity index (χ1n) is 5.72. The van der Waals surface area contributed by atoms with E-state index in [2.05, 4.69) is 10.3 Å². The number of aliphatic hydroxyl groups excluding tert-OH is 2. The topological polar surface area (TPSA) is 104 Å². The fraction of sp³-hybridized carbons (Fsp3) is 0.800. The number of amidine groups is 1. The second-order valence-corrected chi connectivity index (χ2v) is 5.33. The first-order chi connectivity index (χ1) is 8.99. The van der Waals surface area contributed by atoms with Crippen LogP contribution in [0.5, 0.6) is 0 Å². The molecule has 0 aromatic heterocycles. The van der Waals surface area contributed by atoms with Crippen LogP contribution in [0.3, 0.4) is 0 Å². The number of likely N-dealkylation sites (N-methyl/N-ethyl adjacent to an activating group) is 1. The average molecular weight is 291 g/mol. The van der Waals surface area contributed by atoms with E-state index in [0.29, 0.717) is 5.17 Å². The predicted octanol–water partition coefficient (Wildman–Crippen LogP) is -1.86. The Hall–Kier alpha value is -0.870. The van der Waals surface area contributed by atoms with E-state index in [-0.39, 0.29) is 0 Å². The lowest BCUT2D eigenvalue weighted by Crippen LogP contribution is -2.62. The van der Waals surface area contributed by atoms with Crippen LogP contribution in [0.1, 0.15) is 0 Å². The monoisotopic (exact) mass is 291 g/mol. The van der Waals surface area contributed by atoms with Crippen molar-refractivity contribution in [1.82, 2.24) is 10.4 Å². The molecule has 19 heavy (non-hydrogen) atoms. The molecule has 0 saturated carbocycles. The molecule has 0 aromatic carbocycles. The van der Waals surface area contributed by atoms with Gasteiger partial charge in [-0.15, -0.1) is 0 Å². The van der Waals surface area contributed by atoms with Crippen molar-refractivity contribution >= 4 is 22.8 Å². The van der Waals surface area contributed by atoms with Gasteiger partial charge in [-0.05, 0) is 0 Å². The number of rotatable bonds is 2. The highest BCUT2D eigenvalue weighted by molar-refractivity contribution is 8.14. The summed E-state index contributed by atoms with van der Waals surface area (Å²) < 4.78 is 5.55. The van der Waals surface area contributed by atoms with E-state index in [4.69, 9.17) is 9.57 Å². The Kier molecular flexibility index (Phi) is 4.31. The van der Waals surface area contributed by atoms with E-state index >= 15 is 0 Å². The van der Waals surface area contributed by atoms with E-state index in [1.807, 2.05) is 0 Å². The molecule has 2 aliphatic rings. The summed E-state index contributed by atoms with van der Waals surface area (Å²) >= 11 is 1.27. The fourth-order valence-corrected chi connectivity index (χ4v) is 3.07. The summed E-state index contributed by atoms with van der Waals surface area (Å²) in [7, 11) is 4.35. The number of thioether (sulfide) groups is 1. The lowest BCUT2D eigenvalue weighted by Gasteiger charge is -2.38. The highest BCUT2D eigenvalue weighted by Crippen LogP contribution is 2.34. The van der Waals surface area contributed by atoms with Crippen LogP contribution in [-0.2, 0) is 14.4 Å². The van der Waals surface area contributed by atoms with E-state index in [0.717, 1.165) is 5.06 Å². The van der Waals surface area contributed by atoms with Crippen molar-refractivity contribution in [3.63, 3.8) is 0 Å². The van der Waals surface area contributed by atoms with Crippen LogP contribution in [0, 0.1) is 0 Å². The van der Waals surface area contributed by atoms with E-state index in [1.54, 1.807) is 7.05 Å². The first-order valence-corrected chi connectivity index (χ1v) is 6.60. The number of hydrogen-bond acceptors (Lipinski definition) is 7. The number of carbonyl (C=O) groups is 1. The van der Waals surface area contributed by atoms with Crippen molar-refractivity contribution in [3.05, 3.63) is 0 Å². The summed E-state index contributed by atoms with van der Waals surface area (Å²) in [5, 5.41) is 24.6. The predicted molar refractivity (Wildman–Crippen MR) is 68.3 cm³/mol. The zero-order valence-electron chi connectivity index (χ0n) is 10.8. The van der Waals surface area contributed by atoms with Gasteiger partial charge >= 0.3 is 0 Å². The molecule has 3 N–H and O–H groups in total. The van der Waals surface area contributed by atoms with Crippen molar-refractivity contribution in [2.75, 3.05) is 21.2 Å². The molecular weight excluding hydrogens is 274 g/mol. The average Bonchev–Trinajstić information content (AvgIpc) is 2.84. The summed E-state index contributed by atoms with van der Waals surface area (Å²) in [5.41, 5.74) is -0.476. The van der Waals surface area contributed by atoms with E-state index < -0.39 is 35.7 Å². The van der Waals surface area contributed by atoms with Gasteiger partial charge in [-0.2, -0.15) is 0 Å². The first kappa shape index (κ1) is 14.5. The van der Waals surface area contributed by atoms with Gasteiger partial charge < -0.3 is 20.3 Å². The van der Waals surface area contributed by atoms with Crippen LogP contribution in [-0.4, -0.2) is 77.3 Å². The van der Waals surface area contributed by atoms with Gasteiger partial charge in [0.2, 0.25) is 0 Å². The fourth-order valence-electron chi connectivity index (χ4n) is 1.99. The minimum atomic E-state index is -1.32. The number of aliphatic imine (C=N–C) groups is 1. The van der Waals surface area contributed by atoms with Gasteiger partial charge in [-0.1, -0.05) is 11.8 Å². The molecule has 0 radical (unpaired) electrons. The number of fused-ring (bicyclic) bond motifs is 1. The van der Waals surface area contributed by atoms with Gasteiger partial charge in [-0.3, -0.25) is 14.6 Å². The quantitative estimate of drug-likeness (QED) is 0.513. The van der Waals surface area contributed by atoms with Crippen molar-refractivity contribution in [2.24, 2.45) is 4.99 Å². The third kappa shape index (κ3) is 2.56. The van der Waals surface area contributed by atoms with Crippen LogP contribution in [0.25, 0.3) is 0 Å². The van der Waals surface area contributed by atoms with Crippen LogP contribution in [0.4, 0.5) is 0 Å². The number of ether oxygens (including phenoxy) is 1. The Bertz CT molecular complexity index is 393. The highest BCUT2D eigenvalue weighted by atomic mass is 32.2. The second kappa shape index (κ2) is 5.63. The zero-order valence-corrected chi connectivity index (χ0v) is 11.6. The molecular formula is C10H17N3O5S. The molecule has 0 aliphatic carbocycles. The standard InChI is InChI=1S/C10H17N3O5S/c1-11-10-12-4-5(14)6(15)7(18-9(4)19-10)8(16)13(2)17-3/h4-7,9,14-15H,1-3H3,(H,11,12). The third-order valence-electron chi connectivity index (χ3n) is 3.15. The maximum atomic E-state index is 12.0. The molecule has 0 spiro atoms. The minimum absolute atomic E-state index is 0.476. The van der Waals surface area contributed by atoms with Gasteiger partial charge in [0.15, 0.2) is 11.3 Å². The zero-order chi connectivity index (χ0) is 14.2. The molecule has 9 heteroatoms. The third-order valence-corrected chi connectivity index (χ3v) is 4.31. The maximum Gasteiger partial charge on any atom is 0.277 e. The Morgan fingerprint density at radius 3 is 2.79 bits per heavy atom. The second-order valence-electron chi connectivity index (χ2n) is 4.24. The van der Waals surface area contributed by atoms with Crippen molar-refractivity contribution < 1.29 is 24.6 Å². The van der Waals surface area contributed by atoms with Crippen molar-refractivity contribution in [3.8, 4) is 0 Å². The number of nitrogens with zero attached hydrogens (tertiary/aromatic N) is 2. The molecule has 0 bridgehead atoms. The molecule has 2 saturated heterocycles. The number of amides is 1. The SMILES string of the molecule is CN=C1NC2C(OC(C(=O)N(C)OC)C(O)C2O)S1. The Morgan fingerprint density at radius 1 is 1.53 bits per heavy atom.